The molecule has 0 radical (unpaired) electrons. The third kappa shape index (κ3) is 21.7. The van der Waals surface area contributed by atoms with Crippen LogP contribution >= 0.6 is 0 Å². The first-order valence-corrected chi connectivity index (χ1v) is 48.5. The van der Waals surface area contributed by atoms with Crippen molar-refractivity contribution >= 4 is 65.6 Å². The molecule has 0 heterocycles. The highest BCUT2D eigenvalue weighted by atomic mass is 28.5. The first kappa shape index (κ1) is 54.1. The van der Waals surface area contributed by atoms with Crippen molar-refractivity contribution in [2.75, 3.05) is 0 Å². The summed E-state index contributed by atoms with van der Waals surface area (Å²) in [6.45, 7) is 65.6. The summed E-state index contributed by atoms with van der Waals surface area (Å²) >= 11 is 0. The van der Waals surface area contributed by atoms with Gasteiger partial charge in [-0.3, -0.25) is 0 Å². The lowest BCUT2D eigenvalue weighted by Gasteiger charge is -2.53. The van der Waals surface area contributed by atoms with Crippen LogP contribution in [0.4, 0.5) is 0 Å². The van der Waals surface area contributed by atoms with Gasteiger partial charge in [-0.1, -0.05) is 215 Å². The van der Waals surface area contributed by atoms with Gasteiger partial charge in [-0.05, 0) is 63.7 Å². The second-order valence-electron chi connectivity index (χ2n) is 23.9. The van der Waals surface area contributed by atoms with E-state index < -0.39 is 65.6 Å². The highest BCUT2D eigenvalue weighted by molar-refractivity contribution is 7.05. The molecule has 54 heavy (non-hydrogen) atoms. The molecule has 0 aliphatic heterocycles. The molecule has 0 aromatic heterocycles. The highest BCUT2D eigenvalue weighted by Crippen LogP contribution is 2.36. The number of rotatable bonds is 25. The molecular weight excluding hydrogens is 781 g/mol. The monoisotopic (exact) mass is 877 g/mol. The Labute approximate surface area is 349 Å². The van der Waals surface area contributed by atoms with E-state index in [4.69, 9.17) is 0 Å². The van der Waals surface area contributed by atoms with Gasteiger partial charge in [0.25, 0.3) is 0 Å². The minimum absolute atomic E-state index is 1.03. The van der Waals surface area contributed by atoms with Gasteiger partial charge >= 0.3 is 0 Å². The maximum Gasteiger partial charge on any atom is 0.108 e. The lowest BCUT2D eigenvalue weighted by Crippen LogP contribution is -2.69. The van der Waals surface area contributed by atoms with E-state index in [0.717, 1.165) is 25.7 Å². The molecule has 0 unspecified atom stereocenters. The summed E-state index contributed by atoms with van der Waals surface area (Å²) in [6.07, 6.45) is 17.9. The van der Waals surface area contributed by atoms with Crippen molar-refractivity contribution in [1.29, 1.82) is 0 Å². The molecule has 0 spiro atoms. The van der Waals surface area contributed by atoms with Crippen molar-refractivity contribution in [3.63, 3.8) is 0 Å². The van der Waals surface area contributed by atoms with Gasteiger partial charge in [-0.15, -0.1) is 0 Å². The fraction of sp³-hybridized carbons (Fsp3) is 0.727. The Bertz CT molecular complexity index is 1190. The van der Waals surface area contributed by atoms with Gasteiger partial charge in [0.1, 0.15) is 49.4 Å². The fourth-order valence-electron chi connectivity index (χ4n) is 10.5. The smallest absolute Gasteiger partial charge is 0.108 e. The van der Waals surface area contributed by atoms with Crippen LogP contribution in [-0.4, -0.2) is 73.4 Å². The maximum absolute atomic E-state index is 4.35. The summed E-state index contributed by atoms with van der Waals surface area (Å²) in [5, 5.41) is 0. The highest BCUT2D eigenvalue weighted by Gasteiger charge is 2.46. The number of hydrogen-bond acceptors (Lipinski definition) is 2. The normalized spacial score (nSPS) is 15.4. The first-order chi connectivity index (χ1) is 23.9. The molecule has 0 rings (SSSR count). The molecule has 314 valence electrons. The largest absolute Gasteiger partial charge is 0.369 e. The van der Waals surface area contributed by atoms with Crippen molar-refractivity contribution < 1.29 is 0 Å². The Kier molecular flexibility index (Phi) is 21.4. The van der Waals surface area contributed by atoms with Crippen LogP contribution < -0.4 is 0 Å². The van der Waals surface area contributed by atoms with Crippen LogP contribution in [0.3, 0.4) is 0 Å². The first-order valence-electron chi connectivity index (χ1n) is 21.6. The number of nitrogens with zero attached hydrogens (tertiary/aromatic N) is 2. The van der Waals surface area contributed by atoms with Gasteiger partial charge in [0.05, 0.1) is 16.1 Å². The van der Waals surface area contributed by atoms with Crippen molar-refractivity contribution in [2.24, 2.45) is 0 Å². The summed E-state index contributed by atoms with van der Waals surface area (Å²) in [7, 11) is -10.7. The fourth-order valence-corrected chi connectivity index (χ4v) is 71.5. The van der Waals surface area contributed by atoms with Gasteiger partial charge in [-0.25, -0.2) is 0 Å². The average Bonchev–Trinajstić information content (AvgIpc) is 2.89. The summed E-state index contributed by atoms with van der Waals surface area (Å²) in [5.41, 5.74) is 5.61. The maximum atomic E-state index is 4.35. The van der Waals surface area contributed by atoms with Gasteiger partial charge in [0, 0.05) is 0 Å². The molecule has 0 saturated carbocycles. The molecule has 0 amide bonds. The molecule has 0 atom stereocenters. The van der Waals surface area contributed by atoms with E-state index in [0.29, 0.717) is 0 Å². The third-order valence-corrected chi connectivity index (χ3v) is 52.3. The van der Waals surface area contributed by atoms with Crippen LogP contribution in [0.25, 0.3) is 0 Å². The molecule has 0 fully saturated rings. The molecule has 0 aliphatic carbocycles. The molecule has 2 nitrogen and oxygen atoms in total. The molecule has 0 N–H and O–H groups in total. The van der Waals surface area contributed by atoms with E-state index in [9.17, 15) is 0 Å². The predicted molar refractivity (Wildman–Crippen MR) is 278 cm³/mol. The molecule has 0 bridgehead atoms. The van der Waals surface area contributed by atoms with E-state index in [1.807, 2.05) is 0 Å². The zero-order valence-electron chi connectivity index (χ0n) is 40.8. The molecular formula is C44H96N2Si8. The lowest BCUT2D eigenvalue weighted by molar-refractivity contribution is 0.876. The zero-order valence-corrected chi connectivity index (χ0v) is 48.8. The van der Waals surface area contributed by atoms with E-state index in [-0.39, 0.29) is 0 Å². The standard InChI is InChI=1S/C44H96N2Si8/c1-41(31-27-33-43(3)39-51(17,18)35-37-53(21,22)45(47(5,6)7)48(8,9)10)29-25-26-30-42(2)32-28-34-44(4)40-52(19,20)36-38-54(23,24)46(49(11,12)13)50(14,15)16/h25-26,29-30,33-34H,1-2,27-28,31-32,35-40H2,3-24H3/b29-25+,30-26+,43-33-,44-34+. The van der Waals surface area contributed by atoms with Crippen LogP contribution in [0.5, 0.6) is 0 Å². The lowest BCUT2D eigenvalue weighted by atomic mass is 10.1. The summed E-state index contributed by atoms with van der Waals surface area (Å²) in [5.74, 6) is 0. The Balaban J connectivity index is 4.88. The van der Waals surface area contributed by atoms with Crippen LogP contribution in [-0.2, 0) is 0 Å². The molecule has 0 aromatic carbocycles. The molecule has 0 aromatic rings. The second kappa shape index (κ2) is 21.4. The van der Waals surface area contributed by atoms with Gasteiger partial charge < -0.3 is 7.79 Å². The van der Waals surface area contributed by atoms with Gasteiger partial charge in [0.2, 0.25) is 0 Å². The van der Waals surface area contributed by atoms with E-state index >= 15 is 0 Å². The van der Waals surface area contributed by atoms with Crippen LogP contribution in [0, 0.1) is 0 Å². The number of hydrogen-bond donors (Lipinski definition) is 0. The zero-order chi connectivity index (χ0) is 42.8. The Hall–Kier alpha value is 0.0951. The van der Waals surface area contributed by atoms with Crippen molar-refractivity contribution in [3.8, 4) is 0 Å². The summed E-state index contributed by atoms with van der Waals surface area (Å²) in [6, 6.07) is 8.50. The van der Waals surface area contributed by atoms with Crippen LogP contribution in [0.1, 0.15) is 39.5 Å². The SMILES string of the molecule is C=C(/C=C/C=C/C(=C)CC/C=C(\C)C[Si](C)(C)CC[Si](C)(C)N([Si](C)(C)C)[Si](C)(C)C)CC/C=C(/C)C[Si](C)(C)CC[Si](C)(C)N([Si](C)(C)C)[Si](C)(C)C. The van der Waals surface area contributed by atoms with Gasteiger partial charge in [0.15, 0.2) is 0 Å². The van der Waals surface area contributed by atoms with Gasteiger partial charge in [-0.2, -0.15) is 0 Å². The van der Waals surface area contributed by atoms with Crippen LogP contribution in [0.2, 0.25) is 167 Å². The van der Waals surface area contributed by atoms with Crippen molar-refractivity contribution in [3.05, 3.63) is 71.9 Å². The van der Waals surface area contributed by atoms with E-state index in [1.54, 1.807) is 11.1 Å². The van der Waals surface area contributed by atoms with Crippen LogP contribution in [0.15, 0.2) is 71.9 Å². The minimum Gasteiger partial charge on any atom is -0.369 e. The van der Waals surface area contributed by atoms with E-state index in [2.05, 4.69) is 202 Å². The van der Waals surface area contributed by atoms with Crippen molar-refractivity contribution in [1.82, 2.24) is 7.79 Å². The van der Waals surface area contributed by atoms with Crippen molar-refractivity contribution in [2.45, 2.75) is 207 Å². The summed E-state index contributed by atoms with van der Waals surface area (Å²) in [4.78, 5) is 0. The molecule has 0 saturated heterocycles. The minimum atomic E-state index is -1.42. The third-order valence-electron chi connectivity index (χ3n) is 10.9. The Morgan fingerprint density at radius 2 is 0.685 bits per heavy atom. The topological polar surface area (TPSA) is 6.48 Å². The second-order valence-corrected chi connectivity index (χ2v) is 65.2. The molecule has 10 heteroatoms. The Morgan fingerprint density at radius 3 is 0.926 bits per heavy atom. The summed E-state index contributed by atoms with van der Waals surface area (Å²) < 4.78 is 6.32. The average molecular weight is 878 g/mol. The molecule has 0 aliphatic rings. The number of allylic oxidation sites excluding steroid dienone is 10. The quantitative estimate of drug-likeness (QED) is 0.0512. The Morgan fingerprint density at radius 1 is 0.426 bits per heavy atom. The van der Waals surface area contributed by atoms with E-state index in [1.165, 1.54) is 47.4 Å². The predicted octanol–water partition coefficient (Wildman–Crippen LogP) is 16.4.